The van der Waals surface area contributed by atoms with Gasteiger partial charge in [-0.15, -0.1) is 0 Å². The van der Waals surface area contributed by atoms with Gasteiger partial charge < -0.3 is 5.32 Å². The molecule has 0 aliphatic heterocycles. The molecule has 0 saturated carbocycles. The Labute approximate surface area is 120 Å². The predicted octanol–water partition coefficient (Wildman–Crippen LogP) is 3.58. The van der Waals surface area contributed by atoms with E-state index >= 15 is 0 Å². The molecule has 0 heterocycles. The van der Waals surface area contributed by atoms with Crippen LogP contribution in [0.25, 0.3) is 0 Å². The zero-order valence-electron chi connectivity index (χ0n) is 12.7. The fraction of sp³-hybridized carbons (Fsp3) is 0.625. The van der Waals surface area contributed by atoms with Crippen molar-refractivity contribution in [1.29, 1.82) is 0 Å². The number of aryl methyl sites for hydroxylation is 2. The molecular weight excluding hydrogens is 254 g/mol. The smallest absolute Gasteiger partial charge is 0.0532 e. The number of benzene rings is 1. The van der Waals surface area contributed by atoms with Crippen LogP contribution in [-0.2, 0) is 10.8 Å². The van der Waals surface area contributed by atoms with E-state index in [0.29, 0.717) is 6.04 Å². The number of nitrogens with one attached hydrogen (secondary N) is 1. The van der Waals surface area contributed by atoms with E-state index in [1.165, 1.54) is 12.0 Å². The van der Waals surface area contributed by atoms with E-state index < -0.39 is 10.8 Å². The molecule has 0 saturated heterocycles. The monoisotopic (exact) mass is 281 g/mol. The molecule has 1 rings (SSSR count). The maximum atomic E-state index is 12.3. The molecule has 2 nitrogen and oxygen atoms in total. The van der Waals surface area contributed by atoms with E-state index in [0.717, 1.165) is 35.6 Å². The van der Waals surface area contributed by atoms with Crippen molar-refractivity contribution in [2.75, 3.05) is 12.3 Å². The Morgan fingerprint density at radius 1 is 1.32 bits per heavy atom. The van der Waals surface area contributed by atoms with Gasteiger partial charge in [-0.1, -0.05) is 19.1 Å². The number of rotatable bonds is 8. The number of hydrogen-bond donors (Lipinski definition) is 1. The van der Waals surface area contributed by atoms with E-state index in [2.05, 4.69) is 44.3 Å². The van der Waals surface area contributed by atoms with Gasteiger partial charge in [0.15, 0.2) is 0 Å². The molecule has 0 bridgehead atoms. The second-order valence-corrected chi connectivity index (χ2v) is 6.86. The Balaban J connectivity index is 2.41. The maximum absolute atomic E-state index is 12.3. The lowest BCUT2D eigenvalue weighted by atomic mass is 10.2. The molecule has 19 heavy (non-hydrogen) atoms. The molecule has 2 atom stereocenters. The van der Waals surface area contributed by atoms with E-state index in [-0.39, 0.29) is 0 Å². The molecule has 3 heteroatoms. The Bertz CT molecular complexity index is 417. The van der Waals surface area contributed by atoms with Gasteiger partial charge in [0.1, 0.15) is 0 Å². The van der Waals surface area contributed by atoms with Crippen LogP contribution in [-0.4, -0.2) is 22.5 Å². The quantitative estimate of drug-likeness (QED) is 0.789. The largest absolute Gasteiger partial charge is 0.314 e. The molecule has 0 radical (unpaired) electrons. The van der Waals surface area contributed by atoms with Crippen molar-refractivity contribution in [2.24, 2.45) is 0 Å². The minimum absolute atomic E-state index is 0.524. The van der Waals surface area contributed by atoms with E-state index in [4.69, 9.17) is 0 Å². The Kier molecular flexibility index (Phi) is 7.32. The molecule has 1 N–H and O–H groups in total. The minimum Gasteiger partial charge on any atom is -0.314 e. The molecule has 108 valence electrons. The molecule has 2 unspecified atom stereocenters. The fourth-order valence-electron chi connectivity index (χ4n) is 2.08. The van der Waals surface area contributed by atoms with Gasteiger partial charge in [-0.25, -0.2) is 0 Å². The highest BCUT2D eigenvalue weighted by molar-refractivity contribution is 7.85. The average molecular weight is 281 g/mol. The van der Waals surface area contributed by atoms with Gasteiger partial charge >= 0.3 is 0 Å². The maximum Gasteiger partial charge on any atom is 0.0532 e. The van der Waals surface area contributed by atoms with Crippen molar-refractivity contribution in [3.63, 3.8) is 0 Å². The fourth-order valence-corrected chi connectivity index (χ4v) is 3.47. The summed E-state index contributed by atoms with van der Waals surface area (Å²) in [4.78, 5) is 1.01. The van der Waals surface area contributed by atoms with Crippen LogP contribution >= 0.6 is 0 Å². The van der Waals surface area contributed by atoms with Crippen LogP contribution in [0.15, 0.2) is 23.1 Å². The first-order valence-electron chi connectivity index (χ1n) is 7.23. The zero-order chi connectivity index (χ0) is 14.3. The second-order valence-electron chi connectivity index (χ2n) is 5.32. The van der Waals surface area contributed by atoms with Crippen molar-refractivity contribution in [3.8, 4) is 0 Å². The highest BCUT2D eigenvalue weighted by Gasteiger charge is 2.08. The summed E-state index contributed by atoms with van der Waals surface area (Å²) in [5.41, 5.74) is 2.33. The SMILES string of the molecule is CCCNC(C)CCCS(=O)c1cc(C)ccc1C. The standard InChI is InChI=1S/C16H27NOS/c1-5-10-17-15(4)7-6-11-19(18)16-12-13(2)8-9-14(16)3/h8-9,12,15,17H,5-7,10-11H2,1-4H3. The summed E-state index contributed by atoms with van der Waals surface area (Å²) in [7, 11) is -0.855. The van der Waals surface area contributed by atoms with Crippen molar-refractivity contribution >= 4 is 10.8 Å². The third kappa shape index (κ3) is 5.87. The van der Waals surface area contributed by atoms with Gasteiger partial charge in [0.25, 0.3) is 0 Å². The molecule has 0 aromatic heterocycles. The normalized spacial score (nSPS) is 14.3. The average Bonchev–Trinajstić information content (AvgIpc) is 2.39. The van der Waals surface area contributed by atoms with Gasteiger partial charge in [-0.2, -0.15) is 0 Å². The molecule has 0 aliphatic carbocycles. The topological polar surface area (TPSA) is 29.1 Å². The third-order valence-electron chi connectivity index (χ3n) is 3.30. The zero-order valence-corrected chi connectivity index (χ0v) is 13.5. The molecule has 0 spiro atoms. The highest BCUT2D eigenvalue weighted by Crippen LogP contribution is 2.16. The van der Waals surface area contributed by atoms with E-state index in [9.17, 15) is 4.21 Å². The van der Waals surface area contributed by atoms with Crippen molar-refractivity contribution in [1.82, 2.24) is 5.32 Å². The molecule has 0 amide bonds. The van der Waals surface area contributed by atoms with Gasteiger partial charge in [0.05, 0.1) is 10.8 Å². The lowest BCUT2D eigenvalue weighted by Crippen LogP contribution is -2.26. The van der Waals surface area contributed by atoms with Crippen molar-refractivity contribution < 1.29 is 4.21 Å². The van der Waals surface area contributed by atoms with Gasteiger partial charge in [0, 0.05) is 16.7 Å². The van der Waals surface area contributed by atoms with Crippen molar-refractivity contribution in [3.05, 3.63) is 29.3 Å². The van der Waals surface area contributed by atoms with Crippen molar-refractivity contribution in [2.45, 2.75) is 57.9 Å². The van der Waals surface area contributed by atoms with Gasteiger partial charge in [0.2, 0.25) is 0 Å². The van der Waals surface area contributed by atoms with Crippen LogP contribution in [0.2, 0.25) is 0 Å². The van der Waals surface area contributed by atoms with Crippen LogP contribution < -0.4 is 5.32 Å². The lowest BCUT2D eigenvalue weighted by molar-refractivity contribution is 0.509. The Morgan fingerprint density at radius 2 is 2.05 bits per heavy atom. The van der Waals surface area contributed by atoms with Gasteiger partial charge in [-0.05, 0) is 63.8 Å². The number of hydrogen-bond acceptors (Lipinski definition) is 2. The first-order valence-corrected chi connectivity index (χ1v) is 8.55. The van der Waals surface area contributed by atoms with Crippen LogP contribution in [0, 0.1) is 13.8 Å². The lowest BCUT2D eigenvalue weighted by Gasteiger charge is -2.13. The van der Waals surface area contributed by atoms with E-state index in [1.807, 2.05) is 6.92 Å². The summed E-state index contributed by atoms with van der Waals surface area (Å²) < 4.78 is 12.3. The predicted molar refractivity (Wildman–Crippen MR) is 84.2 cm³/mol. The second kappa shape index (κ2) is 8.49. The van der Waals surface area contributed by atoms with Crippen LogP contribution in [0.5, 0.6) is 0 Å². The summed E-state index contributed by atoms with van der Waals surface area (Å²) in [5.74, 6) is 0.766. The minimum atomic E-state index is -0.855. The summed E-state index contributed by atoms with van der Waals surface area (Å²) in [6.45, 7) is 9.54. The van der Waals surface area contributed by atoms with Crippen LogP contribution in [0.1, 0.15) is 44.2 Å². The molecule has 0 aliphatic rings. The first kappa shape index (κ1) is 16.4. The summed E-state index contributed by atoms with van der Waals surface area (Å²) in [6, 6.07) is 6.72. The summed E-state index contributed by atoms with van der Waals surface area (Å²) >= 11 is 0. The summed E-state index contributed by atoms with van der Waals surface area (Å²) in [6.07, 6.45) is 3.27. The highest BCUT2D eigenvalue weighted by atomic mass is 32.2. The Hall–Kier alpha value is -0.670. The molecule has 1 aromatic rings. The Morgan fingerprint density at radius 3 is 2.74 bits per heavy atom. The van der Waals surface area contributed by atoms with E-state index in [1.54, 1.807) is 0 Å². The van der Waals surface area contributed by atoms with Crippen LogP contribution in [0.3, 0.4) is 0 Å². The van der Waals surface area contributed by atoms with Gasteiger partial charge in [-0.3, -0.25) is 4.21 Å². The summed E-state index contributed by atoms with van der Waals surface area (Å²) in [5, 5.41) is 3.47. The molecule has 0 fully saturated rings. The third-order valence-corrected chi connectivity index (χ3v) is 4.89. The molecular formula is C16H27NOS. The first-order chi connectivity index (χ1) is 9.04. The van der Waals surface area contributed by atoms with Crippen LogP contribution in [0.4, 0.5) is 0 Å². The molecule has 1 aromatic carbocycles.